The molecule has 1 heterocycles. The van der Waals surface area contributed by atoms with Crippen LogP contribution < -0.4 is 0 Å². The Bertz CT molecular complexity index is 496. The third kappa shape index (κ3) is 11.2. The molecule has 2 aromatic rings. The summed E-state index contributed by atoms with van der Waals surface area (Å²) in [5.74, 6) is 0. The van der Waals surface area contributed by atoms with Crippen molar-refractivity contribution in [3.8, 4) is 0 Å². The van der Waals surface area contributed by atoms with E-state index in [-0.39, 0.29) is 0 Å². The first-order valence-corrected chi connectivity index (χ1v) is 8.57. The zero-order valence-corrected chi connectivity index (χ0v) is 15.7. The van der Waals surface area contributed by atoms with E-state index in [1.165, 1.54) is 12.7 Å². The second-order valence-corrected chi connectivity index (χ2v) is 3.95. The van der Waals surface area contributed by atoms with Crippen LogP contribution in [0.25, 0.3) is 0 Å². The van der Waals surface area contributed by atoms with E-state index in [2.05, 4.69) is 34.0 Å². The Morgan fingerprint density at radius 2 is 1.43 bits per heavy atom. The van der Waals surface area contributed by atoms with Crippen molar-refractivity contribution in [3.05, 3.63) is 48.5 Å². The molecule has 0 saturated carbocycles. The minimum Gasteiger partial charge on any atom is -0.242 e. The van der Waals surface area contributed by atoms with E-state index < -0.39 is 0 Å². The summed E-state index contributed by atoms with van der Waals surface area (Å²) in [5.41, 5.74) is 2.47. The number of nitrogens with zero attached hydrogens (tertiary/aromatic N) is 4. The number of azo groups is 1. The van der Waals surface area contributed by atoms with Gasteiger partial charge in [-0.2, -0.15) is 5.11 Å². The Morgan fingerprint density at radius 1 is 0.870 bits per heavy atom. The summed E-state index contributed by atoms with van der Waals surface area (Å²) in [6.45, 7) is 14.3. The van der Waals surface area contributed by atoms with Gasteiger partial charge < -0.3 is 0 Å². The fourth-order valence-electron chi connectivity index (χ4n) is 1.31. The molecular formula is C19H32N4. The van der Waals surface area contributed by atoms with Crippen LogP contribution in [0.4, 0.5) is 11.4 Å². The van der Waals surface area contributed by atoms with Crippen LogP contribution in [-0.2, 0) is 6.42 Å². The number of rotatable bonds is 3. The summed E-state index contributed by atoms with van der Waals surface area (Å²) in [4.78, 5) is 8.09. The normalized spacial score (nSPS) is 8.83. The summed E-state index contributed by atoms with van der Waals surface area (Å²) in [7, 11) is 0. The lowest BCUT2D eigenvalue weighted by molar-refractivity contribution is 0.982. The first kappa shape index (κ1) is 23.2. The minimum atomic E-state index is 0.730. The average molecular weight is 316 g/mol. The van der Waals surface area contributed by atoms with Crippen LogP contribution in [0.3, 0.4) is 0 Å². The molecule has 0 N–H and O–H groups in total. The summed E-state index contributed by atoms with van der Waals surface area (Å²) < 4.78 is 0. The third-order valence-electron chi connectivity index (χ3n) is 2.14. The van der Waals surface area contributed by atoms with Gasteiger partial charge in [0.05, 0.1) is 17.6 Å². The lowest BCUT2D eigenvalue weighted by atomic mass is 10.3. The molecule has 23 heavy (non-hydrogen) atoms. The monoisotopic (exact) mass is 316 g/mol. The van der Waals surface area contributed by atoms with Gasteiger partial charge in [-0.1, -0.05) is 73.1 Å². The van der Waals surface area contributed by atoms with Gasteiger partial charge in [-0.05, 0) is 18.6 Å². The number of aromatic nitrogens is 2. The molecule has 1 aromatic heterocycles. The Labute approximate surface area is 142 Å². The Hall–Kier alpha value is -2.10. The van der Waals surface area contributed by atoms with Crippen LogP contribution in [0.15, 0.2) is 53.1 Å². The van der Waals surface area contributed by atoms with Gasteiger partial charge in [0.2, 0.25) is 0 Å². The van der Waals surface area contributed by atoms with Crippen molar-refractivity contribution in [2.45, 2.75) is 61.3 Å². The predicted molar refractivity (Wildman–Crippen MR) is 101 cm³/mol. The third-order valence-corrected chi connectivity index (χ3v) is 2.14. The van der Waals surface area contributed by atoms with Crippen molar-refractivity contribution in [1.29, 1.82) is 0 Å². The Balaban J connectivity index is 0. The van der Waals surface area contributed by atoms with E-state index in [4.69, 9.17) is 0 Å². The Kier molecular flexibility index (Phi) is 18.1. The van der Waals surface area contributed by atoms with Gasteiger partial charge in [-0.15, -0.1) is 5.11 Å². The Morgan fingerprint density at radius 3 is 1.96 bits per heavy atom. The molecule has 0 amide bonds. The maximum Gasteiger partial charge on any atom is 0.125 e. The number of hydrogen-bond acceptors (Lipinski definition) is 4. The molecule has 4 heteroatoms. The number of aryl methyl sites for hydroxylation is 1. The van der Waals surface area contributed by atoms with Gasteiger partial charge in [0.25, 0.3) is 0 Å². The lowest BCUT2D eigenvalue weighted by Crippen LogP contribution is -1.87. The van der Waals surface area contributed by atoms with Gasteiger partial charge in [-0.25, -0.2) is 9.97 Å². The van der Waals surface area contributed by atoms with Crippen molar-refractivity contribution in [1.82, 2.24) is 9.97 Å². The highest BCUT2D eigenvalue weighted by Crippen LogP contribution is 2.19. The molecule has 2 rings (SSSR count). The van der Waals surface area contributed by atoms with Crippen LogP contribution in [0.1, 0.15) is 60.6 Å². The molecule has 0 bridgehead atoms. The van der Waals surface area contributed by atoms with Crippen LogP contribution in [0.2, 0.25) is 0 Å². The molecule has 0 aliphatic heterocycles. The molecule has 1 aromatic carbocycles. The maximum atomic E-state index is 4.15. The zero-order valence-electron chi connectivity index (χ0n) is 15.7. The average Bonchev–Trinajstić information content (AvgIpc) is 2.65. The summed E-state index contributed by atoms with van der Waals surface area (Å²) in [5, 5.41) is 8.28. The smallest absolute Gasteiger partial charge is 0.125 e. The first-order chi connectivity index (χ1) is 11.3. The van der Waals surface area contributed by atoms with E-state index in [0.29, 0.717) is 0 Å². The minimum absolute atomic E-state index is 0.730. The molecular weight excluding hydrogens is 284 g/mol. The molecule has 4 nitrogen and oxygen atoms in total. The first-order valence-electron chi connectivity index (χ1n) is 8.57. The van der Waals surface area contributed by atoms with Crippen LogP contribution in [0, 0.1) is 0 Å². The van der Waals surface area contributed by atoms with E-state index in [1.54, 1.807) is 6.20 Å². The maximum absolute atomic E-state index is 4.15. The predicted octanol–water partition coefficient (Wildman–Crippen LogP) is 6.92. The highest BCUT2D eigenvalue weighted by Gasteiger charge is 1.99. The van der Waals surface area contributed by atoms with Crippen molar-refractivity contribution in [3.63, 3.8) is 0 Å². The van der Waals surface area contributed by atoms with E-state index in [0.717, 1.165) is 23.5 Å². The molecule has 0 saturated heterocycles. The highest BCUT2D eigenvalue weighted by atomic mass is 15.1. The quantitative estimate of drug-likeness (QED) is 0.577. The molecule has 0 atom stereocenters. The molecule has 0 fully saturated rings. The van der Waals surface area contributed by atoms with E-state index in [1.807, 2.05) is 65.0 Å². The van der Waals surface area contributed by atoms with Gasteiger partial charge in [0.1, 0.15) is 12.0 Å². The molecule has 128 valence electrons. The van der Waals surface area contributed by atoms with E-state index >= 15 is 0 Å². The molecule has 0 unspecified atom stereocenters. The fourth-order valence-corrected chi connectivity index (χ4v) is 1.31. The van der Waals surface area contributed by atoms with Gasteiger partial charge in [0, 0.05) is 0 Å². The number of benzene rings is 1. The zero-order chi connectivity index (χ0) is 17.9. The second-order valence-electron chi connectivity index (χ2n) is 3.95. The topological polar surface area (TPSA) is 50.5 Å². The molecule has 0 radical (unpaired) electrons. The van der Waals surface area contributed by atoms with Gasteiger partial charge in [0.15, 0.2) is 0 Å². The van der Waals surface area contributed by atoms with Crippen LogP contribution in [0.5, 0.6) is 0 Å². The van der Waals surface area contributed by atoms with Crippen molar-refractivity contribution in [2.24, 2.45) is 10.2 Å². The molecule has 0 spiro atoms. The highest BCUT2D eigenvalue weighted by molar-refractivity contribution is 5.40. The molecule has 0 aliphatic rings. The summed E-state index contributed by atoms with van der Waals surface area (Å²) >= 11 is 0. The second kappa shape index (κ2) is 18.0. The van der Waals surface area contributed by atoms with E-state index in [9.17, 15) is 0 Å². The largest absolute Gasteiger partial charge is 0.242 e. The van der Waals surface area contributed by atoms with Crippen LogP contribution in [-0.4, -0.2) is 9.97 Å². The standard InChI is InChI=1S/C12H12N4.C3H8.2C2H6/c1-2-11-12(8-13-9-14-11)16-15-10-6-4-3-5-7-10;1-3-2;2*1-2/h3-9H,2H2,1H3;3H2,1-2H3;2*1-2H3. The van der Waals surface area contributed by atoms with Crippen LogP contribution >= 0.6 is 0 Å². The number of hydrogen-bond donors (Lipinski definition) is 0. The van der Waals surface area contributed by atoms with Crippen molar-refractivity contribution >= 4 is 11.4 Å². The fraction of sp³-hybridized carbons (Fsp3) is 0.474. The van der Waals surface area contributed by atoms with Gasteiger partial charge in [-0.3, -0.25) is 0 Å². The summed E-state index contributed by atoms with van der Waals surface area (Å²) in [6.07, 6.45) is 5.28. The SMILES string of the molecule is CC.CC.CCC.CCc1ncncc1N=Nc1ccccc1. The van der Waals surface area contributed by atoms with Crippen molar-refractivity contribution < 1.29 is 0 Å². The summed E-state index contributed by atoms with van der Waals surface area (Å²) in [6, 6.07) is 9.60. The van der Waals surface area contributed by atoms with Gasteiger partial charge >= 0.3 is 0 Å². The molecule has 0 aliphatic carbocycles. The van der Waals surface area contributed by atoms with Crippen molar-refractivity contribution in [2.75, 3.05) is 0 Å². The lowest BCUT2D eigenvalue weighted by Gasteiger charge is -1.98.